The molecule has 0 spiro atoms. The van der Waals surface area contributed by atoms with Gasteiger partial charge < -0.3 is 14.6 Å². The summed E-state index contributed by atoms with van der Waals surface area (Å²) in [6, 6.07) is 0. The topological polar surface area (TPSA) is 49.7 Å². The Morgan fingerprint density at radius 1 is 1.38 bits per heavy atom. The summed E-state index contributed by atoms with van der Waals surface area (Å²) in [4.78, 5) is 0. The van der Waals surface area contributed by atoms with Gasteiger partial charge in [-0.1, -0.05) is 0 Å². The number of aliphatic hydroxyl groups is 2. The van der Waals surface area contributed by atoms with E-state index in [9.17, 15) is 0 Å². The second-order valence-corrected chi connectivity index (χ2v) is 5.91. The average Bonchev–Trinajstić information content (AvgIpc) is 1.87. The summed E-state index contributed by atoms with van der Waals surface area (Å²) < 4.78 is 4.88. The van der Waals surface area contributed by atoms with Gasteiger partial charge in [0.25, 0.3) is 0 Å². The first-order valence-corrected chi connectivity index (χ1v) is 5.27. The lowest BCUT2D eigenvalue weighted by molar-refractivity contribution is 0.258. The summed E-state index contributed by atoms with van der Waals surface area (Å²) in [7, 11) is -0.548. The van der Waals surface area contributed by atoms with Gasteiger partial charge in [-0.3, -0.25) is 0 Å². The summed E-state index contributed by atoms with van der Waals surface area (Å²) in [6.45, 7) is 1.77. The lowest BCUT2D eigenvalue weighted by Crippen LogP contribution is -2.42. The van der Waals surface area contributed by atoms with E-state index in [1.807, 2.05) is 0 Å². The molecule has 0 aromatic rings. The van der Waals surface area contributed by atoms with Crippen molar-refractivity contribution in [1.29, 1.82) is 0 Å². The Hall–Kier alpha value is 0.0969. The fourth-order valence-electron chi connectivity index (χ4n) is 0.179. The SMILES string of the molecule is CO[Si](C)(CO)CO. The summed E-state index contributed by atoms with van der Waals surface area (Å²) in [5, 5.41) is 17.1. The molecule has 0 unspecified atom stereocenters. The maximum Gasteiger partial charge on any atom is 0.238 e. The van der Waals surface area contributed by atoms with Gasteiger partial charge in [0.2, 0.25) is 8.32 Å². The van der Waals surface area contributed by atoms with Crippen LogP contribution in [0.15, 0.2) is 0 Å². The van der Waals surface area contributed by atoms with E-state index < -0.39 is 8.32 Å². The minimum absolute atomic E-state index is 0.0139. The monoisotopic (exact) mass is 136 g/mol. The van der Waals surface area contributed by atoms with Crippen LogP contribution in [0.4, 0.5) is 0 Å². The Kier molecular flexibility index (Phi) is 3.23. The minimum atomic E-state index is -2.06. The average molecular weight is 136 g/mol. The predicted molar refractivity (Wildman–Crippen MR) is 32.8 cm³/mol. The molecule has 0 amide bonds. The van der Waals surface area contributed by atoms with E-state index in [0.717, 1.165) is 0 Å². The molecule has 0 atom stereocenters. The summed E-state index contributed by atoms with van der Waals surface area (Å²) >= 11 is 0. The van der Waals surface area contributed by atoms with E-state index in [2.05, 4.69) is 0 Å². The summed E-state index contributed by atoms with van der Waals surface area (Å²) in [5.74, 6) is 0. The smallest absolute Gasteiger partial charge is 0.238 e. The largest absolute Gasteiger partial charge is 0.416 e. The van der Waals surface area contributed by atoms with E-state index in [4.69, 9.17) is 14.6 Å². The van der Waals surface area contributed by atoms with E-state index in [1.54, 1.807) is 6.55 Å². The lowest BCUT2D eigenvalue weighted by atomic mass is 11.6. The molecule has 0 heterocycles. The molecule has 50 valence electrons. The standard InChI is InChI=1S/C4H12O3Si/c1-7-8(2,3-5)4-6/h5-6H,3-4H2,1-2H3. The molecule has 0 rings (SSSR count). The molecule has 0 radical (unpaired) electrons. The second-order valence-electron chi connectivity index (χ2n) is 1.97. The number of hydrogen-bond acceptors (Lipinski definition) is 3. The van der Waals surface area contributed by atoms with Gasteiger partial charge in [0.1, 0.15) is 0 Å². The molecule has 0 saturated heterocycles. The van der Waals surface area contributed by atoms with E-state index >= 15 is 0 Å². The van der Waals surface area contributed by atoms with Crippen molar-refractivity contribution in [3.63, 3.8) is 0 Å². The quantitative estimate of drug-likeness (QED) is 0.503. The fraction of sp³-hybridized carbons (Fsp3) is 1.00. The first-order chi connectivity index (χ1) is 3.68. The van der Waals surface area contributed by atoms with Crippen LogP contribution < -0.4 is 0 Å². The van der Waals surface area contributed by atoms with Crippen LogP contribution in [0.25, 0.3) is 0 Å². The second kappa shape index (κ2) is 3.19. The van der Waals surface area contributed by atoms with Gasteiger partial charge >= 0.3 is 0 Å². The first-order valence-electron chi connectivity index (χ1n) is 2.45. The van der Waals surface area contributed by atoms with Crippen molar-refractivity contribution in [3.8, 4) is 0 Å². The van der Waals surface area contributed by atoms with Crippen LogP contribution in [0.3, 0.4) is 0 Å². The number of aliphatic hydroxyl groups excluding tert-OH is 2. The van der Waals surface area contributed by atoms with Crippen LogP contribution in [0.2, 0.25) is 6.55 Å². The van der Waals surface area contributed by atoms with E-state index in [1.165, 1.54) is 7.11 Å². The molecule has 0 bridgehead atoms. The van der Waals surface area contributed by atoms with Gasteiger partial charge in [-0.25, -0.2) is 0 Å². The van der Waals surface area contributed by atoms with Crippen molar-refractivity contribution in [2.24, 2.45) is 0 Å². The fourth-order valence-corrected chi connectivity index (χ4v) is 0.537. The van der Waals surface area contributed by atoms with E-state index in [-0.39, 0.29) is 12.5 Å². The Bertz CT molecular complexity index is 54.0. The van der Waals surface area contributed by atoms with Crippen molar-refractivity contribution < 1.29 is 14.6 Å². The van der Waals surface area contributed by atoms with Crippen molar-refractivity contribution in [1.82, 2.24) is 0 Å². The van der Waals surface area contributed by atoms with Crippen molar-refractivity contribution in [3.05, 3.63) is 0 Å². The van der Waals surface area contributed by atoms with Gasteiger partial charge in [-0.15, -0.1) is 0 Å². The number of rotatable bonds is 3. The molecule has 0 aliphatic carbocycles. The van der Waals surface area contributed by atoms with Gasteiger partial charge in [0.05, 0.1) is 12.5 Å². The Labute approximate surface area is 50.0 Å². The summed E-state index contributed by atoms with van der Waals surface area (Å²) in [6.07, 6.45) is -0.0278. The third-order valence-electron chi connectivity index (χ3n) is 1.16. The molecular weight excluding hydrogens is 124 g/mol. The van der Waals surface area contributed by atoms with Gasteiger partial charge in [0, 0.05) is 7.11 Å². The van der Waals surface area contributed by atoms with Gasteiger partial charge in [0.15, 0.2) is 0 Å². The maximum absolute atomic E-state index is 8.56. The highest BCUT2D eigenvalue weighted by Gasteiger charge is 2.24. The highest BCUT2D eigenvalue weighted by molar-refractivity contribution is 6.72. The molecule has 0 aliphatic rings. The lowest BCUT2D eigenvalue weighted by Gasteiger charge is -2.18. The van der Waals surface area contributed by atoms with Gasteiger partial charge in [-0.2, -0.15) is 0 Å². The third kappa shape index (κ3) is 1.91. The van der Waals surface area contributed by atoms with Crippen LogP contribution in [0, 0.1) is 0 Å². The van der Waals surface area contributed by atoms with Gasteiger partial charge in [-0.05, 0) is 6.55 Å². The molecule has 0 fully saturated rings. The zero-order valence-electron chi connectivity index (χ0n) is 5.22. The zero-order valence-corrected chi connectivity index (χ0v) is 6.22. The van der Waals surface area contributed by atoms with E-state index in [0.29, 0.717) is 0 Å². The zero-order chi connectivity index (χ0) is 6.62. The normalized spacial score (nSPS) is 12.0. The van der Waals surface area contributed by atoms with Crippen molar-refractivity contribution in [2.75, 3.05) is 19.6 Å². The first kappa shape index (κ1) is 8.10. The minimum Gasteiger partial charge on any atom is -0.416 e. The van der Waals surface area contributed by atoms with Crippen LogP contribution in [0.5, 0.6) is 0 Å². The Balaban J connectivity index is 3.58. The van der Waals surface area contributed by atoms with Crippen LogP contribution in [-0.2, 0) is 4.43 Å². The highest BCUT2D eigenvalue weighted by atomic mass is 28.4. The Morgan fingerprint density at radius 3 is 1.75 bits per heavy atom. The van der Waals surface area contributed by atoms with Crippen LogP contribution in [0.1, 0.15) is 0 Å². The molecule has 8 heavy (non-hydrogen) atoms. The molecule has 2 N–H and O–H groups in total. The molecule has 0 aromatic heterocycles. The van der Waals surface area contributed by atoms with Crippen LogP contribution >= 0.6 is 0 Å². The maximum atomic E-state index is 8.56. The highest BCUT2D eigenvalue weighted by Crippen LogP contribution is 1.98. The van der Waals surface area contributed by atoms with Crippen molar-refractivity contribution >= 4 is 8.32 Å². The predicted octanol–water partition coefficient (Wildman–Crippen LogP) is -0.729. The number of hydrogen-bond donors (Lipinski definition) is 2. The molecular formula is C4H12O3Si. The third-order valence-corrected chi connectivity index (χ3v) is 3.49. The van der Waals surface area contributed by atoms with Crippen molar-refractivity contribution in [2.45, 2.75) is 6.55 Å². The van der Waals surface area contributed by atoms with Crippen LogP contribution in [-0.4, -0.2) is 38.1 Å². The molecule has 3 nitrogen and oxygen atoms in total. The molecule has 4 heteroatoms. The summed E-state index contributed by atoms with van der Waals surface area (Å²) in [5.41, 5.74) is 0. The Morgan fingerprint density at radius 2 is 1.75 bits per heavy atom. The molecule has 0 aromatic carbocycles. The molecule has 0 aliphatic heterocycles. The molecule has 0 saturated carbocycles.